The first-order valence-electron chi connectivity index (χ1n) is 13.7. The molecule has 222 valence electrons. The summed E-state index contributed by atoms with van der Waals surface area (Å²) in [6.45, 7) is 5.71. The van der Waals surface area contributed by atoms with Gasteiger partial charge in [-0.3, -0.25) is 4.79 Å². The molecular weight excluding hydrogens is 585 g/mol. The van der Waals surface area contributed by atoms with Crippen LogP contribution in [0.1, 0.15) is 48.5 Å². The summed E-state index contributed by atoms with van der Waals surface area (Å²) in [6, 6.07) is 24.6. The van der Waals surface area contributed by atoms with Crippen molar-refractivity contribution < 1.29 is 22.7 Å². The first kappa shape index (κ1) is 30.0. The number of pyridine rings is 1. The molecule has 11 heteroatoms. The van der Waals surface area contributed by atoms with Crippen LogP contribution in [0.5, 0.6) is 0 Å². The molecule has 0 saturated heterocycles. The fourth-order valence-electron chi connectivity index (χ4n) is 4.60. The van der Waals surface area contributed by atoms with Gasteiger partial charge in [0.1, 0.15) is 5.60 Å². The van der Waals surface area contributed by atoms with E-state index in [1.54, 1.807) is 69.4 Å². The molecule has 5 aromatic rings. The van der Waals surface area contributed by atoms with Crippen LogP contribution < -0.4 is 10.6 Å². The first-order chi connectivity index (χ1) is 20.5. The summed E-state index contributed by atoms with van der Waals surface area (Å²) in [4.78, 5) is 31.4. The van der Waals surface area contributed by atoms with E-state index in [4.69, 9.17) is 4.74 Å². The van der Waals surface area contributed by atoms with Crippen molar-refractivity contribution in [2.45, 2.75) is 43.7 Å². The molecule has 3 aromatic heterocycles. The zero-order chi connectivity index (χ0) is 30.6. The van der Waals surface area contributed by atoms with Gasteiger partial charge < -0.3 is 15.4 Å². The number of benzene rings is 2. The highest BCUT2D eigenvalue weighted by Crippen LogP contribution is 2.34. The van der Waals surface area contributed by atoms with E-state index >= 15 is 0 Å². The molecule has 43 heavy (non-hydrogen) atoms. The number of ether oxygens (including phenoxy) is 1. The highest BCUT2D eigenvalue weighted by Gasteiger charge is 2.23. The maximum absolute atomic E-state index is 13.4. The number of rotatable bonds is 9. The monoisotopic (exact) mass is 616 g/mol. The molecule has 2 N–H and O–H groups in total. The van der Waals surface area contributed by atoms with Gasteiger partial charge in [0.25, 0.3) is 15.9 Å². The van der Waals surface area contributed by atoms with E-state index in [1.807, 2.05) is 42.5 Å². The van der Waals surface area contributed by atoms with Crippen LogP contribution in [0.4, 0.5) is 4.79 Å². The fourth-order valence-corrected chi connectivity index (χ4v) is 6.88. The van der Waals surface area contributed by atoms with Crippen LogP contribution in [0, 0.1) is 0 Å². The Morgan fingerprint density at radius 1 is 0.953 bits per heavy atom. The Kier molecular flexibility index (Phi) is 8.65. The molecule has 0 saturated carbocycles. The molecule has 0 aliphatic rings. The van der Waals surface area contributed by atoms with Crippen molar-refractivity contribution in [1.82, 2.24) is 19.6 Å². The second-order valence-electron chi connectivity index (χ2n) is 10.8. The minimum Gasteiger partial charge on any atom is -0.444 e. The van der Waals surface area contributed by atoms with Crippen LogP contribution in [0.25, 0.3) is 21.5 Å². The lowest BCUT2D eigenvalue weighted by atomic mass is 10.0. The van der Waals surface area contributed by atoms with Gasteiger partial charge in [0.2, 0.25) is 0 Å². The van der Waals surface area contributed by atoms with Crippen molar-refractivity contribution in [2.75, 3.05) is 6.54 Å². The lowest BCUT2D eigenvalue weighted by Crippen LogP contribution is -2.35. The number of fused-ring (bicyclic) bond motifs is 1. The number of hydrogen-bond donors (Lipinski definition) is 2. The third-order valence-electron chi connectivity index (χ3n) is 6.56. The molecule has 5 rings (SSSR count). The Labute approximate surface area is 254 Å². The Balaban J connectivity index is 1.35. The molecule has 0 bridgehead atoms. The van der Waals surface area contributed by atoms with Gasteiger partial charge in [-0.1, -0.05) is 48.5 Å². The lowest BCUT2D eigenvalue weighted by Gasteiger charge is -2.22. The summed E-state index contributed by atoms with van der Waals surface area (Å²) >= 11 is 1.31. The smallest absolute Gasteiger partial charge is 0.407 e. The summed E-state index contributed by atoms with van der Waals surface area (Å²) in [6.07, 6.45) is 3.02. The molecule has 9 nitrogen and oxygen atoms in total. The summed E-state index contributed by atoms with van der Waals surface area (Å²) in [5.41, 5.74) is 1.39. The summed E-state index contributed by atoms with van der Waals surface area (Å²) in [5, 5.41) is 6.52. The van der Waals surface area contributed by atoms with Crippen LogP contribution in [0.3, 0.4) is 0 Å². The third-order valence-corrected chi connectivity index (χ3v) is 9.36. The van der Waals surface area contributed by atoms with E-state index in [-0.39, 0.29) is 16.8 Å². The van der Waals surface area contributed by atoms with E-state index in [1.165, 1.54) is 21.5 Å². The standard InChI is InChI=1S/C32H32N4O5S2/c1-32(2,3)41-31(38)34-20-17-26(22-10-6-4-7-11-22)35-30(37)28-15-14-27(42-28)24-16-19-33-29-25(24)18-21-36(29)43(39,40)23-12-8-5-9-13-23/h4-16,18-19,21,26H,17,20H2,1-3H3,(H,34,38)(H,35,37). The van der Waals surface area contributed by atoms with Crippen molar-refractivity contribution >= 4 is 44.4 Å². The van der Waals surface area contributed by atoms with Crippen molar-refractivity contribution in [3.8, 4) is 10.4 Å². The van der Waals surface area contributed by atoms with Crippen LogP contribution in [-0.4, -0.2) is 41.5 Å². The third kappa shape index (κ3) is 6.95. The number of thiophene rings is 1. The van der Waals surface area contributed by atoms with Gasteiger partial charge in [0.05, 0.1) is 15.8 Å². The average Bonchev–Trinajstić information content (AvgIpc) is 3.65. The molecule has 0 fully saturated rings. The number of carbonyl (C=O) groups excluding carboxylic acids is 2. The van der Waals surface area contributed by atoms with E-state index in [2.05, 4.69) is 15.6 Å². The van der Waals surface area contributed by atoms with E-state index in [0.29, 0.717) is 28.9 Å². The Morgan fingerprint density at radius 2 is 1.65 bits per heavy atom. The Hall–Kier alpha value is -4.48. The molecule has 1 atom stereocenters. The predicted octanol–water partition coefficient (Wildman–Crippen LogP) is 6.39. The zero-order valence-electron chi connectivity index (χ0n) is 24.0. The highest BCUT2D eigenvalue weighted by molar-refractivity contribution is 7.90. The summed E-state index contributed by atoms with van der Waals surface area (Å²) in [7, 11) is -3.83. The van der Waals surface area contributed by atoms with Gasteiger partial charge in [-0.05, 0) is 69.2 Å². The van der Waals surface area contributed by atoms with E-state index < -0.39 is 21.7 Å². The largest absolute Gasteiger partial charge is 0.444 e. The number of aromatic nitrogens is 2. The van der Waals surface area contributed by atoms with Crippen LogP contribution >= 0.6 is 11.3 Å². The van der Waals surface area contributed by atoms with Crippen molar-refractivity contribution in [2.24, 2.45) is 0 Å². The van der Waals surface area contributed by atoms with Gasteiger partial charge in [-0.2, -0.15) is 0 Å². The molecule has 2 aromatic carbocycles. The normalized spacial score (nSPS) is 12.5. The van der Waals surface area contributed by atoms with Crippen molar-refractivity contribution in [3.63, 3.8) is 0 Å². The van der Waals surface area contributed by atoms with Gasteiger partial charge in [0.15, 0.2) is 5.65 Å². The molecule has 0 spiro atoms. The lowest BCUT2D eigenvalue weighted by molar-refractivity contribution is 0.0526. The van der Waals surface area contributed by atoms with Crippen molar-refractivity contribution in [1.29, 1.82) is 0 Å². The molecule has 0 aliphatic heterocycles. The number of nitrogens with one attached hydrogen (secondary N) is 2. The molecular formula is C32H32N4O5S2. The predicted molar refractivity (Wildman–Crippen MR) is 168 cm³/mol. The quantitative estimate of drug-likeness (QED) is 0.198. The first-order valence-corrected chi connectivity index (χ1v) is 16.0. The van der Waals surface area contributed by atoms with Crippen molar-refractivity contribution in [3.05, 3.63) is 108 Å². The number of carbonyl (C=O) groups is 2. The SMILES string of the molecule is CC(C)(C)OC(=O)NCCC(NC(=O)c1ccc(-c2ccnc3c2ccn3S(=O)(=O)c2ccccc2)s1)c1ccccc1. The van der Waals surface area contributed by atoms with Gasteiger partial charge >= 0.3 is 6.09 Å². The maximum atomic E-state index is 13.4. The molecule has 3 heterocycles. The summed E-state index contributed by atoms with van der Waals surface area (Å²) < 4.78 is 33.1. The average molecular weight is 617 g/mol. The van der Waals surface area contributed by atoms with E-state index in [9.17, 15) is 18.0 Å². The van der Waals surface area contributed by atoms with E-state index in [0.717, 1.165) is 16.0 Å². The fraction of sp³-hybridized carbons (Fsp3) is 0.219. The van der Waals surface area contributed by atoms with Crippen LogP contribution in [-0.2, 0) is 14.8 Å². The zero-order valence-corrected chi connectivity index (χ0v) is 25.6. The Morgan fingerprint density at radius 3 is 2.35 bits per heavy atom. The number of alkyl carbamates (subject to hydrolysis) is 1. The summed E-state index contributed by atoms with van der Waals surface area (Å²) in [5.74, 6) is -0.253. The van der Waals surface area contributed by atoms with Gasteiger partial charge in [-0.15, -0.1) is 11.3 Å². The number of amides is 2. The second-order valence-corrected chi connectivity index (χ2v) is 13.7. The number of nitrogens with zero attached hydrogens (tertiary/aromatic N) is 2. The van der Waals surface area contributed by atoms with Gasteiger partial charge in [-0.25, -0.2) is 22.2 Å². The minimum absolute atomic E-state index is 0.170. The molecule has 2 amide bonds. The topological polar surface area (TPSA) is 119 Å². The molecule has 1 unspecified atom stereocenters. The highest BCUT2D eigenvalue weighted by atomic mass is 32.2. The van der Waals surface area contributed by atoms with Gasteiger partial charge in [0, 0.05) is 34.8 Å². The second kappa shape index (κ2) is 12.4. The van der Waals surface area contributed by atoms with Crippen LogP contribution in [0.15, 0.2) is 102 Å². The number of hydrogen-bond acceptors (Lipinski definition) is 7. The molecule has 0 radical (unpaired) electrons. The Bertz CT molecular complexity index is 1840. The van der Waals surface area contributed by atoms with Crippen LogP contribution in [0.2, 0.25) is 0 Å². The molecule has 0 aliphatic carbocycles. The minimum atomic E-state index is -3.83. The maximum Gasteiger partial charge on any atom is 0.407 e.